The van der Waals surface area contributed by atoms with Crippen molar-refractivity contribution < 1.29 is 4.79 Å². The normalized spacial score (nSPS) is 10.4. The first-order valence-electron chi connectivity index (χ1n) is 6.19. The molecule has 0 saturated carbocycles. The largest absolute Gasteiger partial charge is 0.294 e. The van der Waals surface area contributed by atoms with Crippen molar-refractivity contribution in [2.45, 2.75) is 24.0 Å². The van der Waals surface area contributed by atoms with E-state index in [9.17, 15) is 4.79 Å². The summed E-state index contributed by atoms with van der Waals surface area (Å²) in [7, 11) is 0. The molecule has 0 aliphatic heterocycles. The van der Waals surface area contributed by atoms with Crippen molar-refractivity contribution >= 4 is 29.1 Å². The second kappa shape index (κ2) is 6.78. The number of thioether (sulfide) groups is 1. The van der Waals surface area contributed by atoms with E-state index in [0.29, 0.717) is 6.42 Å². The van der Waals surface area contributed by atoms with E-state index < -0.39 is 0 Å². The van der Waals surface area contributed by atoms with Gasteiger partial charge in [-0.1, -0.05) is 42.8 Å². The predicted octanol–water partition coefficient (Wildman–Crippen LogP) is 5.23. The lowest BCUT2D eigenvalue weighted by Gasteiger charge is -2.04. The third kappa shape index (κ3) is 4.12. The third-order valence-electron chi connectivity index (χ3n) is 2.79. The molecule has 0 amide bonds. The van der Waals surface area contributed by atoms with Crippen molar-refractivity contribution in [1.29, 1.82) is 0 Å². The Morgan fingerprint density at radius 1 is 1.16 bits per heavy atom. The van der Waals surface area contributed by atoms with Gasteiger partial charge >= 0.3 is 0 Å². The smallest absolute Gasteiger partial charge is 0.162 e. The fourth-order valence-corrected chi connectivity index (χ4v) is 2.79. The molecule has 3 heteroatoms. The standard InChI is InChI=1S/C16H15ClOS/c1-2-16(18)13-6-8-15(9-7-13)19-11-12-4-3-5-14(17)10-12/h3-10H,2,11H2,1H3. The van der Waals surface area contributed by atoms with E-state index in [4.69, 9.17) is 11.6 Å². The molecule has 0 radical (unpaired) electrons. The van der Waals surface area contributed by atoms with E-state index in [1.165, 1.54) is 5.56 Å². The lowest BCUT2D eigenvalue weighted by molar-refractivity contribution is 0.0988. The van der Waals surface area contributed by atoms with Gasteiger partial charge in [0.25, 0.3) is 0 Å². The van der Waals surface area contributed by atoms with Crippen molar-refractivity contribution in [1.82, 2.24) is 0 Å². The molecule has 0 aromatic heterocycles. The fourth-order valence-electron chi connectivity index (χ4n) is 1.73. The SMILES string of the molecule is CCC(=O)c1ccc(SCc2cccc(Cl)c2)cc1. The summed E-state index contributed by atoms with van der Waals surface area (Å²) in [6, 6.07) is 15.7. The van der Waals surface area contributed by atoms with Crippen LogP contribution in [0.25, 0.3) is 0 Å². The number of hydrogen-bond donors (Lipinski definition) is 0. The molecular weight excluding hydrogens is 276 g/mol. The molecule has 1 nitrogen and oxygen atoms in total. The lowest BCUT2D eigenvalue weighted by atomic mass is 10.1. The zero-order valence-corrected chi connectivity index (χ0v) is 12.3. The molecule has 0 spiro atoms. The van der Waals surface area contributed by atoms with Crippen LogP contribution in [0.5, 0.6) is 0 Å². The third-order valence-corrected chi connectivity index (χ3v) is 4.11. The van der Waals surface area contributed by atoms with Gasteiger partial charge in [0, 0.05) is 27.7 Å². The number of ketones is 1. The van der Waals surface area contributed by atoms with Gasteiger partial charge in [0.1, 0.15) is 0 Å². The highest BCUT2D eigenvalue weighted by Gasteiger charge is 2.03. The van der Waals surface area contributed by atoms with Crippen molar-refractivity contribution in [2.24, 2.45) is 0 Å². The van der Waals surface area contributed by atoms with E-state index in [0.717, 1.165) is 21.2 Å². The number of halogens is 1. The number of carbonyl (C=O) groups is 1. The Morgan fingerprint density at radius 3 is 2.53 bits per heavy atom. The molecule has 2 aromatic carbocycles. The summed E-state index contributed by atoms with van der Waals surface area (Å²) in [4.78, 5) is 12.7. The van der Waals surface area contributed by atoms with Gasteiger partial charge in [-0.05, 0) is 29.8 Å². The van der Waals surface area contributed by atoms with Gasteiger partial charge in [-0.15, -0.1) is 11.8 Å². The fraction of sp³-hybridized carbons (Fsp3) is 0.188. The zero-order chi connectivity index (χ0) is 13.7. The second-order valence-electron chi connectivity index (χ2n) is 4.22. The molecule has 0 heterocycles. The molecule has 2 rings (SSSR count). The summed E-state index contributed by atoms with van der Waals surface area (Å²) in [5.41, 5.74) is 1.99. The minimum atomic E-state index is 0.186. The van der Waals surface area contributed by atoms with Crippen LogP contribution >= 0.6 is 23.4 Å². The van der Waals surface area contributed by atoms with Gasteiger partial charge in [-0.25, -0.2) is 0 Å². The topological polar surface area (TPSA) is 17.1 Å². The minimum absolute atomic E-state index is 0.186. The molecule has 0 fully saturated rings. The number of benzene rings is 2. The molecule has 0 saturated heterocycles. The zero-order valence-electron chi connectivity index (χ0n) is 10.7. The maximum atomic E-state index is 11.5. The molecule has 0 aliphatic rings. The van der Waals surface area contributed by atoms with Crippen molar-refractivity contribution in [3.05, 3.63) is 64.7 Å². The van der Waals surface area contributed by atoms with Gasteiger partial charge in [-0.2, -0.15) is 0 Å². The number of hydrogen-bond acceptors (Lipinski definition) is 2. The van der Waals surface area contributed by atoms with E-state index in [1.54, 1.807) is 11.8 Å². The quantitative estimate of drug-likeness (QED) is 0.554. The van der Waals surface area contributed by atoms with Crippen molar-refractivity contribution in [3.63, 3.8) is 0 Å². The molecule has 0 atom stereocenters. The summed E-state index contributed by atoms with van der Waals surface area (Å²) in [5, 5.41) is 0.766. The highest BCUT2D eigenvalue weighted by molar-refractivity contribution is 7.98. The Bertz CT molecular complexity index is 563. The van der Waals surface area contributed by atoms with E-state index in [-0.39, 0.29) is 5.78 Å². The Labute approximate surface area is 123 Å². The molecule has 0 unspecified atom stereocenters. The first kappa shape index (κ1) is 14.2. The van der Waals surface area contributed by atoms with E-state index >= 15 is 0 Å². The first-order chi connectivity index (χ1) is 9.19. The minimum Gasteiger partial charge on any atom is -0.294 e. The van der Waals surface area contributed by atoms with Crippen molar-refractivity contribution in [2.75, 3.05) is 0 Å². The Balaban J connectivity index is 1.98. The first-order valence-corrected chi connectivity index (χ1v) is 7.56. The highest BCUT2D eigenvalue weighted by atomic mass is 35.5. The Morgan fingerprint density at radius 2 is 1.89 bits per heavy atom. The summed E-state index contributed by atoms with van der Waals surface area (Å²) in [6.45, 7) is 1.88. The Hall–Kier alpha value is -1.25. The Kier molecular flexibility index (Phi) is 5.06. The van der Waals surface area contributed by atoms with Gasteiger partial charge in [0.15, 0.2) is 5.78 Å². The molecule has 0 N–H and O–H groups in total. The van der Waals surface area contributed by atoms with Crippen LogP contribution in [0, 0.1) is 0 Å². The average molecular weight is 291 g/mol. The second-order valence-corrected chi connectivity index (χ2v) is 5.70. The summed E-state index contributed by atoms with van der Waals surface area (Å²) in [5.74, 6) is 1.06. The number of carbonyl (C=O) groups excluding carboxylic acids is 1. The van der Waals surface area contributed by atoms with Gasteiger partial charge in [-0.3, -0.25) is 4.79 Å². The summed E-state index contributed by atoms with van der Waals surface area (Å²) < 4.78 is 0. The van der Waals surface area contributed by atoms with Crippen LogP contribution < -0.4 is 0 Å². The van der Waals surface area contributed by atoms with Gasteiger partial charge < -0.3 is 0 Å². The lowest BCUT2D eigenvalue weighted by Crippen LogP contribution is -1.95. The molecule has 19 heavy (non-hydrogen) atoms. The van der Waals surface area contributed by atoms with Crippen LogP contribution in [0.4, 0.5) is 0 Å². The van der Waals surface area contributed by atoms with E-state index in [2.05, 4.69) is 6.07 Å². The van der Waals surface area contributed by atoms with Crippen LogP contribution in [0.3, 0.4) is 0 Å². The van der Waals surface area contributed by atoms with Crippen LogP contribution in [0.1, 0.15) is 29.3 Å². The van der Waals surface area contributed by atoms with Crippen LogP contribution in [0.2, 0.25) is 5.02 Å². The maximum absolute atomic E-state index is 11.5. The predicted molar refractivity (Wildman–Crippen MR) is 82.1 cm³/mol. The highest BCUT2D eigenvalue weighted by Crippen LogP contribution is 2.24. The molecule has 2 aromatic rings. The maximum Gasteiger partial charge on any atom is 0.162 e. The summed E-state index contributed by atoms with van der Waals surface area (Å²) in [6.07, 6.45) is 0.551. The van der Waals surface area contributed by atoms with Crippen molar-refractivity contribution in [3.8, 4) is 0 Å². The summed E-state index contributed by atoms with van der Waals surface area (Å²) >= 11 is 7.69. The van der Waals surface area contributed by atoms with Gasteiger partial charge in [0.05, 0.1) is 0 Å². The molecular formula is C16H15ClOS. The van der Waals surface area contributed by atoms with Crippen LogP contribution in [-0.2, 0) is 5.75 Å². The van der Waals surface area contributed by atoms with Crippen LogP contribution in [0.15, 0.2) is 53.4 Å². The van der Waals surface area contributed by atoms with Gasteiger partial charge in [0.2, 0.25) is 0 Å². The van der Waals surface area contributed by atoms with E-state index in [1.807, 2.05) is 49.4 Å². The molecule has 0 bridgehead atoms. The molecule has 98 valence electrons. The number of Topliss-reactive ketones (excluding diaryl/α,β-unsaturated/α-hetero) is 1. The number of rotatable bonds is 5. The average Bonchev–Trinajstić information content (AvgIpc) is 2.45. The monoisotopic (exact) mass is 290 g/mol. The van der Waals surface area contributed by atoms with Crippen LogP contribution in [-0.4, -0.2) is 5.78 Å². The molecule has 0 aliphatic carbocycles.